The van der Waals surface area contributed by atoms with Crippen molar-refractivity contribution in [3.8, 4) is 0 Å². The van der Waals surface area contributed by atoms with Gasteiger partial charge in [-0.1, -0.05) is 20.8 Å². The van der Waals surface area contributed by atoms with E-state index >= 15 is 0 Å². The molecule has 0 radical (unpaired) electrons. The van der Waals surface area contributed by atoms with Crippen LogP contribution in [0.4, 0.5) is 0 Å². The van der Waals surface area contributed by atoms with Crippen LogP contribution in [0.2, 0.25) is 0 Å². The van der Waals surface area contributed by atoms with Crippen molar-refractivity contribution in [3.05, 3.63) is 24.2 Å². The van der Waals surface area contributed by atoms with Crippen LogP contribution in [0, 0.1) is 11.3 Å². The molecule has 1 N–H and O–H groups in total. The molecule has 0 aliphatic carbocycles. The number of hydrogen-bond donors (Lipinski definition) is 1. The zero-order valence-electron chi connectivity index (χ0n) is 13.0. The largest absolute Gasteiger partial charge is 0.472 e. The van der Waals surface area contributed by atoms with E-state index in [1.54, 1.807) is 6.07 Å². The van der Waals surface area contributed by atoms with E-state index in [0.717, 1.165) is 25.9 Å². The van der Waals surface area contributed by atoms with E-state index < -0.39 is 0 Å². The Morgan fingerprint density at radius 3 is 2.52 bits per heavy atom. The molecule has 2 amide bonds. The van der Waals surface area contributed by atoms with Gasteiger partial charge in [0.05, 0.1) is 11.8 Å². The summed E-state index contributed by atoms with van der Waals surface area (Å²) in [6, 6.07) is 1.69. The number of furan rings is 1. The van der Waals surface area contributed by atoms with Gasteiger partial charge in [0, 0.05) is 25.0 Å². The first-order chi connectivity index (χ1) is 9.88. The van der Waals surface area contributed by atoms with E-state index in [1.165, 1.54) is 12.5 Å². The quantitative estimate of drug-likeness (QED) is 0.929. The Hall–Kier alpha value is -1.78. The highest BCUT2D eigenvalue weighted by Crippen LogP contribution is 2.19. The average Bonchev–Trinajstić information content (AvgIpc) is 2.97. The summed E-state index contributed by atoms with van der Waals surface area (Å²) in [5.74, 6) is 0.560. The van der Waals surface area contributed by atoms with E-state index in [2.05, 4.69) is 5.32 Å². The number of amides is 2. The normalized spacial score (nSPS) is 16.8. The summed E-state index contributed by atoms with van der Waals surface area (Å²) >= 11 is 0. The molecular formula is C16H24N2O3. The van der Waals surface area contributed by atoms with E-state index in [1.807, 2.05) is 25.7 Å². The lowest BCUT2D eigenvalue weighted by Crippen LogP contribution is -2.43. The Morgan fingerprint density at radius 1 is 1.33 bits per heavy atom. The maximum Gasteiger partial charge on any atom is 0.257 e. The fourth-order valence-electron chi connectivity index (χ4n) is 2.41. The summed E-state index contributed by atoms with van der Waals surface area (Å²) in [5, 5.41) is 3.01. The lowest BCUT2D eigenvalue weighted by molar-refractivity contribution is -0.128. The summed E-state index contributed by atoms with van der Waals surface area (Å²) in [6.45, 7) is 7.90. The van der Waals surface area contributed by atoms with Gasteiger partial charge < -0.3 is 14.6 Å². The van der Waals surface area contributed by atoms with Crippen molar-refractivity contribution in [2.45, 2.75) is 33.6 Å². The Bertz CT molecular complexity index is 480. The van der Waals surface area contributed by atoms with E-state index in [0.29, 0.717) is 18.0 Å². The lowest BCUT2D eigenvalue weighted by atomic mass is 9.93. The Kier molecular flexibility index (Phi) is 4.70. The van der Waals surface area contributed by atoms with Gasteiger partial charge in [-0.3, -0.25) is 9.59 Å². The third-order valence-corrected chi connectivity index (χ3v) is 3.90. The second-order valence-corrected chi connectivity index (χ2v) is 6.71. The van der Waals surface area contributed by atoms with Gasteiger partial charge in [-0.2, -0.15) is 0 Å². The molecule has 5 nitrogen and oxygen atoms in total. The molecule has 0 spiro atoms. The smallest absolute Gasteiger partial charge is 0.257 e. The van der Waals surface area contributed by atoms with Crippen molar-refractivity contribution in [1.29, 1.82) is 0 Å². The molecule has 1 aromatic rings. The van der Waals surface area contributed by atoms with Crippen LogP contribution >= 0.6 is 0 Å². The molecule has 2 heterocycles. The van der Waals surface area contributed by atoms with E-state index in [-0.39, 0.29) is 17.2 Å². The minimum atomic E-state index is -0.349. The molecule has 1 saturated heterocycles. The molecule has 0 aromatic carbocycles. The van der Waals surface area contributed by atoms with Gasteiger partial charge in [-0.05, 0) is 24.8 Å². The molecule has 0 unspecified atom stereocenters. The summed E-state index contributed by atoms with van der Waals surface area (Å²) < 4.78 is 4.95. The SMILES string of the molecule is CC(C)(C)C(=O)NCC1CCN(C(=O)c2ccoc2)CC1. The molecule has 1 aromatic heterocycles. The van der Waals surface area contributed by atoms with Gasteiger partial charge in [0.25, 0.3) is 5.91 Å². The maximum atomic E-state index is 12.2. The van der Waals surface area contributed by atoms with Gasteiger partial charge in [0.15, 0.2) is 0 Å². The molecule has 0 bridgehead atoms. The van der Waals surface area contributed by atoms with Crippen molar-refractivity contribution < 1.29 is 14.0 Å². The van der Waals surface area contributed by atoms with Crippen molar-refractivity contribution in [1.82, 2.24) is 10.2 Å². The van der Waals surface area contributed by atoms with Crippen LogP contribution in [0.1, 0.15) is 44.0 Å². The van der Waals surface area contributed by atoms with Crippen LogP contribution in [0.3, 0.4) is 0 Å². The second kappa shape index (κ2) is 6.33. The zero-order chi connectivity index (χ0) is 15.5. The molecule has 0 saturated carbocycles. The fourth-order valence-corrected chi connectivity index (χ4v) is 2.41. The third-order valence-electron chi connectivity index (χ3n) is 3.90. The topological polar surface area (TPSA) is 62.6 Å². The average molecular weight is 292 g/mol. The molecule has 1 fully saturated rings. The lowest BCUT2D eigenvalue weighted by Gasteiger charge is -2.32. The summed E-state index contributed by atoms with van der Waals surface area (Å²) in [4.78, 5) is 25.9. The highest BCUT2D eigenvalue weighted by atomic mass is 16.3. The number of rotatable bonds is 3. The minimum Gasteiger partial charge on any atom is -0.472 e. The highest BCUT2D eigenvalue weighted by molar-refractivity contribution is 5.93. The number of piperidine rings is 1. The summed E-state index contributed by atoms with van der Waals surface area (Å²) in [5.41, 5.74) is 0.257. The van der Waals surface area contributed by atoms with Gasteiger partial charge in [0.2, 0.25) is 5.91 Å². The van der Waals surface area contributed by atoms with Crippen molar-refractivity contribution in [2.24, 2.45) is 11.3 Å². The first-order valence-corrected chi connectivity index (χ1v) is 7.47. The summed E-state index contributed by atoms with van der Waals surface area (Å²) in [6.07, 6.45) is 4.85. The van der Waals surface area contributed by atoms with Gasteiger partial charge in [-0.25, -0.2) is 0 Å². The van der Waals surface area contributed by atoms with Gasteiger partial charge in [0.1, 0.15) is 6.26 Å². The number of carbonyl (C=O) groups excluding carboxylic acids is 2. The van der Waals surface area contributed by atoms with E-state index in [9.17, 15) is 9.59 Å². The van der Waals surface area contributed by atoms with Crippen LogP contribution < -0.4 is 5.32 Å². The van der Waals surface area contributed by atoms with Crippen molar-refractivity contribution in [2.75, 3.05) is 19.6 Å². The molecule has 5 heteroatoms. The number of likely N-dealkylation sites (tertiary alicyclic amines) is 1. The Labute approximate surface area is 125 Å². The third kappa shape index (κ3) is 4.09. The standard InChI is InChI=1S/C16H24N2O3/c1-16(2,3)15(20)17-10-12-4-7-18(8-5-12)14(19)13-6-9-21-11-13/h6,9,11-12H,4-5,7-8,10H2,1-3H3,(H,17,20). The molecule has 116 valence electrons. The predicted molar refractivity (Wildman–Crippen MR) is 79.8 cm³/mol. The maximum absolute atomic E-state index is 12.2. The molecule has 1 aliphatic heterocycles. The summed E-state index contributed by atoms with van der Waals surface area (Å²) in [7, 11) is 0. The predicted octanol–water partition coefficient (Wildman–Crippen LogP) is 2.29. The molecule has 1 aliphatic rings. The van der Waals surface area contributed by atoms with Gasteiger partial charge in [-0.15, -0.1) is 0 Å². The molecule has 0 atom stereocenters. The molecular weight excluding hydrogens is 268 g/mol. The van der Waals surface area contributed by atoms with Crippen LogP contribution in [0.5, 0.6) is 0 Å². The number of hydrogen-bond acceptors (Lipinski definition) is 3. The monoisotopic (exact) mass is 292 g/mol. The molecule has 21 heavy (non-hydrogen) atoms. The number of nitrogens with zero attached hydrogens (tertiary/aromatic N) is 1. The van der Waals surface area contributed by atoms with Crippen LogP contribution in [0.15, 0.2) is 23.0 Å². The Balaban J connectivity index is 1.76. The van der Waals surface area contributed by atoms with Crippen molar-refractivity contribution >= 4 is 11.8 Å². The van der Waals surface area contributed by atoms with Crippen LogP contribution in [-0.4, -0.2) is 36.3 Å². The zero-order valence-corrected chi connectivity index (χ0v) is 13.0. The highest BCUT2D eigenvalue weighted by Gasteiger charge is 2.26. The van der Waals surface area contributed by atoms with Crippen molar-refractivity contribution in [3.63, 3.8) is 0 Å². The minimum absolute atomic E-state index is 0.0286. The van der Waals surface area contributed by atoms with Gasteiger partial charge >= 0.3 is 0 Å². The fraction of sp³-hybridized carbons (Fsp3) is 0.625. The molecule has 2 rings (SSSR count). The number of nitrogens with one attached hydrogen (secondary N) is 1. The first kappa shape index (κ1) is 15.6. The van der Waals surface area contributed by atoms with E-state index in [4.69, 9.17) is 4.42 Å². The Morgan fingerprint density at radius 2 is 2.00 bits per heavy atom. The first-order valence-electron chi connectivity index (χ1n) is 7.47. The van der Waals surface area contributed by atoms with Crippen LogP contribution in [-0.2, 0) is 4.79 Å². The number of carbonyl (C=O) groups is 2. The second-order valence-electron chi connectivity index (χ2n) is 6.71. The van der Waals surface area contributed by atoms with Crippen LogP contribution in [0.25, 0.3) is 0 Å².